The van der Waals surface area contributed by atoms with Gasteiger partial charge in [-0.05, 0) is 23.1 Å². The van der Waals surface area contributed by atoms with E-state index in [0.29, 0.717) is 35.2 Å². The average Bonchev–Trinajstić information content (AvgIpc) is 2.70. The first-order valence-corrected chi connectivity index (χ1v) is 8.10. The van der Waals surface area contributed by atoms with Crippen molar-refractivity contribution < 1.29 is 23.7 Å². The van der Waals surface area contributed by atoms with Crippen molar-refractivity contribution in [1.82, 2.24) is 0 Å². The molecule has 0 spiro atoms. The maximum Gasteiger partial charge on any atom is 0.173 e. The molecule has 26 heavy (non-hydrogen) atoms. The molecular weight excluding hydrogens is 332 g/mol. The number of rotatable bonds is 7. The van der Waals surface area contributed by atoms with Crippen LogP contribution in [0.4, 0.5) is 0 Å². The molecule has 3 aromatic carbocycles. The van der Waals surface area contributed by atoms with Crippen molar-refractivity contribution in [2.45, 2.75) is 6.61 Å². The largest absolute Gasteiger partial charge is 0.497 e. The molecule has 5 heteroatoms. The van der Waals surface area contributed by atoms with Crippen molar-refractivity contribution in [2.75, 3.05) is 21.3 Å². The van der Waals surface area contributed by atoms with Crippen molar-refractivity contribution in [3.8, 4) is 23.0 Å². The molecule has 0 amide bonds. The fourth-order valence-corrected chi connectivity index (χ4v) is 2.89. The van der Waals surface area contributed by atoms with E-state index in [4.69, 9.17) is 18.9 Å². The Bertz CT molecular complexity index is 919. The molecule has 0 aromatic heterocycles. The van der Waals surface area contributed by atoms with Gasteiger partial charge in [0, 0.05) is 6.07 Å². The van der Waals surface area contributed by atoms with E-state index < -0.39 is 0 Å². The summed E-state index contributed by atoms with van der Waals surface area (Å²) in [5.74, 6) is 2.06. The molecular formula is C21H20O5. The van der Waals surface area contributed by atoms with Crippen LogP contribution in [0.2, 0.25) is 0 Å². The van der Waals surface area contributed by atoms with E-state index in [2.05, 4.69) is 0 Å². The Balaban J connectivity index is 2.20. The lowest BCUT2D eigenvalue weighted by atomic mass is 10.0. The van der Waals surface area contributed by atoms with Crippen molar-refractivity contribution in [3.63, 3.8) is 0 Å². The number of hydrogen-bond donors (Lipinski definition) is 0. The first-order valence-electron chi connectivity index (χ1n) is 8.10. The Kier molecular flexibility index (Phi) is 5.27. The molecule has 0 saturated heterocycles. The topological polar surface area (TPSA) is 54.0 Å². The maximum absolute atomic E-state index is 11.6. The second-order valence-corrected chi connectivity index (χ2v) is 5.65. The second-order valence-electron chi connectivity index (χ2n) is 5.65. The van der Waals surface area contributed by atoms with Crippen LogP contribution < -0.4 is 18.9 Å². The summed E-state index contributed by atoms with van der Waals surface area (Å²) in [6.07, 6.45) is 0.750. The van der Waals surface area contributed by atoms with Gasteiger partial charge in [-0.3, -0.25) is 4.79 Å². The normalized spacial score (nSPS) is 10.4. The van der Waals surface area contributed by atoms with E-state index >= 15 is 0 Å². The highest BCUT2D eigenvalue weighted by atomic mass is 16.5. The van der Waals surface area contributed by atoms with Gasteiger partial charge in [0.15, 0.2) is 17.8 Å². The highest BCUT2D eigenvalue weighted by molar-refractivity contribution is 6.01. The predicted octanol–water partition coefficient (Wildman–Crippen LogP) is 4.26. The molecule has 5 nitrogen and oxygen atoms in total. The summed E-state index contributed by atoms with van der Waals surface area (Å²) in [6, 6.07) is 15.1. The Morgan fingerprint density at radius 1 is 0.885 bits per heavy atom. The highest BCUT2D eigenvalue weighted by Gasteiger charge is 2.20. The molecule has 0 aliphatic carbocycles. The lowest BCUT2D eigenvalue weighted by molar-refractivity contribution is 0.112. The standard InChI is InChI=1S/C21H20O5/c1-23-17-10-15-9-16(12-22)20(25-3)21(19(15)18(11-17)24-2)26-13-14-7-5-4-6-8-14/h4-12H,13H2,1-3H3. The van der Waals surface area contributed by atoms with Gasteiger partial charge in [-0.25, -0.2) is 0 Å². The number of aldehydes is 1. The van der Waals surface area contributed by atoms with E-state index in [9.17, 15) is 4.79 Å². The fourth-order valence-electron chi connectivity index (χ4n) is 2.89. The summed E-state index contributed by atoms with van der Waals surface area (Å²) in [5, 5.41) is 1.50. The minimum Gasteiger partial charge on any atom is -0.497 e. The summed E-state index contributed by atoms with van der Waals surface area (Å²) in [6.45, 7) is 0.337. The first kappa shape index (κ1) is 17.6. The minimum absolute atomic E-state index is 0.337. The van der Waals surface area contributed by atoms with Crippen molar-refractivity contribution in [2.24, 2.45) is 0 Å². The molecule has 0 bridgehead atoms. The van der Waals surface area contributed by atoms with Gasteiger partial charge in [0.2, 0.25) is 0 Å². The SMILES string of the molecule is COc1cc(OC)c2c(OCc3ccccc3)c(OC)c(C=O)cc2c1. The van der Waals surface area contributed by atoms with Gasteiger partial charge in [0.1, 0.15) is 18.1 Å². The van der Waals surface area contributed by atoms with Crippen LogP contribution in [0.15, 0.2) is 48.5 Å². The van der Waals surface area contributed by atoms with Crippen LogP contribution in [0.25, 0.3) is 10.8 Å². The van der Waals surface area contributed by atoms with Gasteiger partial charge in [-0.15, -0.1) is 0 Å². The smallest absolute Gasteiger partial charge is 0.173 e. The lowest BCUT2D eigenvalue weighted by Crippen LogP contribution is -2.02. The van der Waals surface area contributed by atoms with Gasteiger partial charge in [-0.1, -0.05) is 30.3 Å². The summed E-state index contributed by atoms with van der Waals surface area (Å²) in [5.41, 5.74) is 1.41. The van der Waals surface area contributed by atoms with Crippen LogP contribution in [0, 0.1) is 0 Å². The molecule has 3 rings (SSSR count). The van der Waals surface area contributed by atoms with E-state index in [1.165, 1.54) is 7.11 Å². The zero-order chi connectivity index (χ0) is 18.5. The zero-order valence-corrected chi connectivity index (χ0v) is 14.9. The van der Waals surface area contributed by atoms with E-state index in [1.807, 2.05) is 36.4 Å². The van der Waals surface area contributed by atoms with Gasteiger partial charge >= 0.3 is 0 Å². The average molecular weight is 352 g/mol. The minimum atomic E-state index is 0.337. The number of carbonyl (C=O) groups is 1. The van der Waals surface area contributed by atoms with Crippen LogP contribution in [-0.2, 0) is 6.61 Å². The molecule has 134 valence electrons. The van der Waals surface area contributed by atoms with Crippen LogP contribution >= 0.6 is 0 Å². The monoisotopic (exact) mass is 352 g/mol. The number of carbonyl (C=O) groups excluding carboxylic acids is 1. The Labute approximate surface area is 152 Å². The van der Waals surface area contributed by atoms with Gasteiger partial charge in [-0.2, -0.15) is 0 Å². The third kappa shape index (κ3) is 3.28. The molecule has 0 saturated carbocycles. The maximum atomic E-state index is 11.6. The molecule has 0 unspecified atom stereocenters. The van der Waals surface area contributed by atoms with Crippen molar-refractivity contribution >= 4 is 17.1 Å². The van der Waals surface area contributed by atoms with Crippen LogP contribution in [-0.4, -0.2) is 27.6 Å². The van der Waals surface area contributed by atoms with Gasteiger partial charge in [0.25, 0.3) is 0 Å². The van der Waals surface area contributed by atoms with E-state index in [1.54, 1.807) is 26.4 Å². The van der Waals surface area contributed by atoms with Gasteiger partial charge < -0.3 is 18.9 Å². The summed E-state index contributed by atoms with van der Waals surface area (Å²) in [4.78, 5) is 11.6. The van der Waals surface area contributed by atoms with Crippen LogP contribution in [0.1, 0.15) is 15.9 Å². The second kappa shape index (κ2) is 7.78. The molecule has 0 radical (unpaired) electrons. The number of benzene rings is 3. The van der Waals surface area contributed by atoms with E-state index in [0.717, 1.165) is 22.6 Å². The summed E-state index contributed by atoms with van der Waals surface area (Å²) in [7, 11) is 4.67. The van der Waals surface area contributed by atoms with Crippen LogP contribution in [0.5, 0.6) is 23.0 Å². The highest BCUT2D eigenvalue weighted by Crippen LogP contribution is 2.45. The number of hydrogen-bond acceptors (Lipinski definition) is 5. The molecule has 0 heterocycles. The third-order valence-electron chi connectivity index (χ3n) is 4.13. The molecule has 0 fully saturated rings. The third-order valence-corrected chi connectivity index (χ3v) is 4.13. The molecule has 0 N–H and O–H groups in total. The molecule has 0 atom stereocenters. The molecule has 3 aromatic rings. The van der Waals surface area contributed by atoms with Crippen molar-refractivity contribution in [3.05, 3.63) is 59.7 Å². The molecule has 0 aliphatic heterocycles. The van der Waals surface area contributed by atoms with Crippen molar-refractivity contribution in [1.29, 1.82) is 0 Å². The number of ether oxygens (including phenoxy) is 4. The van der Waals surface area contributed by atoms with Crippen LogP contribution in [0.3, 0.4) is 0 Å². The lowest BCUT2D eigenvalue weighted by Gasteiger charge is -2.18. The zero-order valence-electron chi connectivity index (χ0n) is 14.9. The first-order chi connectivity index (χ1) is 12.7. The Morgan fingerprint density at radius 3 is 2.27 bits per heavy atom. The van der Waals surface area contributed by atoms with Gasteiger partial charge in [0.05, 0.1) is 32.3 Å². The Morgan fingerprint density at radius 2 is 1.65 bits per heavy atom. The predicted molar refractivity (Wildman–Crippen MR) is 99.8 cm³/mol. The van der Waals surface area contributed by atoms with E-state index in [-0.39, 0.29) is 0 Å². The Hall–Kier alpha value is -3.21. The quantitative estimate of drug-likeness (QED) is 0.595. The fraction of sp³-hybridized carbons (Fsp3) is 0.190. The number of fused-ring (bicyclic) bond motifs is 1. The number of methoxy groups -OCH3 is 3. The molecule has 0 aliphatic rings. The summed E-state index contributed by atoms with van der Waals surface area (Å²) >= 11 is 0. The summed E-state index contributed by atoms with van der Waals surface area (Å²) < 4.78 is 22.4.